The quantitative estimate of drug-likeness (QED) is 0.417. The Bertz CT molecular complexity index is 135. The van der Waals surface area contributed by atoms with Crippen molar-refractivity contribution in [1.82, 2.24) is 4.34 Å². The zero-order valence-electron chi connectivity index (χ0n) is 6.56. The van der Waals surface area contributed by atoms with Crippen LogP contribution in [0.2, 0.25) is 0 Å². The molecule has 0 aromatic rings. The number of aliphatic carboxylic acids is 1. The number of hydrogen-bond donors (Lipinski definition) is 2. The zero-order chi connectivity index (χ0) is 7.28. The van der Waals surface area contributed by atoms with E-state index in [4.69, 9.17) is 5.11 Å². The van der Waals surface area contributed by atoms with Crippen molar-refractivity contribution >= 4 is 28.0 Å². The number of nitrogens with one attached hydrogen (secondary N) is 1. The van der Waals surface area contributed by atoms with Gasteiger partial charge in [-0.15, -0.1) is 0 Å². The second kappa shape index (κ2) is 8.16. The summed E-state index contributed by atoms with van der Waals surface area (Å²) in [7, 11) is 0. The molecule has 4 nitrogen and oxygen atoms in total. The van der Waals surface area contributed by atoms with E-state index in [1.54, 1.807) is 0 Å². The molecule has 0 atom stereocenters. The Labute approximate surface area is 111 Å². The van der Waals surface area contributed by atoms with Crippen molar-refractivity contribution in [3.05, 3.63) is 0 Å². The van der Waals surface area contributed by atoms with Gasteiger partial charge < -0.3 is 6.53 Å². The normalized spacial score (nSPS) is 7.70. The van der Waals surface area contributed by atoms with E-state index in [0.29, 0.717) is 0 Å². The van der Waals surface area contributed by atoms with E-state index in [9.17, 15) is 9.59 Å². The van der Waals surface area contributed by atoms with Crippen LogP contribution in [0.15, 0.2) is 0 Å². The fourth-order valence-corrected chi connectivity index (χ4v) is 0.466. The SMILES string of the molecule is O=C(O)CCC(=O)NBr.[H-].[K+]. The molecule has 0 radical (unpaired) electrons. The first-order valence-electron chi connectivity index (χ1n) is 2.28. The Balaban J connectivity index is -0.000000320. The number of hydrogen-bond acceptors (Lipinski definition) is 2. The number of amides is 1. The Morgan fingerprint density at radius 3 is 2.30 bits per heavy atom. The third kappa shape index (κ3) is 9.06. The smallest absolute Gasteiger partial charge is 1.00 e. The maximum Gasteiger partial charge on any atom is 1.00 e. The molecule has 54 valence electrons. The number of carboxylic acids is 1. The molecule has 0 aliphatic heterocycles. The first kappa shape index (κ1) is 13.6. The Morgan fingerprint density at radius 2 is 2.00 bits per heavy atom. The minimum Gasteiger partial charge on any atom is -1.00 e. The minimum absolute atomic E-state index is 0. The molecule has 2 N–H and O–H groups in total. The van der Waals surface area contributed by atoms with Gasteiger partial charge in [0.05, 0.1) is 6.42 Å². The van der Waals surface area contributed by atoms with Gasteiger partial charge in [-0.05, 0) is 0 Å². The maximum absolute atomic E-state index is 10.3. The van der Waals surface area contributed by atoms with Gasteiger partial charge in [0.25, 0.3) is 0 Å². The van der Waals surface area contributed by atoms with Crippen LogP contribution >= 0.6 is 16.1 Å². The Kier molecular flexibility index (Phi) is 11.1. The van der Waals surface area contributed by atoms with E-state index in [0.717, 1.165) is 0 Å². The maximum atomic E-state index is 10.3. The van der Waals surface area contributed by atoms with Crippen LogP contribution in [-0.2, 0) is 9.59 Å². The van der Waals surface area contributed by atoms with Crippen LogP contribution in [0.25, 0.3) is 0 Å². The number of carbonyl (C=O) groups is 2. The van der Waals surface area contributed by atoms with Gasteiger partial charge in [-0.25, -0.2) is 0 Å². The number of carbonyl (C=O) groups excluding carboxylic acids is 1. The van der Waals surface area contributed by atoms with Gasteiger partial charge in [-0.3, -0.25) is 13.9 Å². The first-order valence-corrected chi connectivity index (χ1v) is 3.07. The van der Waals surface area contributed by atoms with Crippen molar-refractivity contribution in [2.45, 2.75) is 12.8 Å². The second-order valence-corrected chi connectivity index (χ2v) is 1.81. The van der Waals surface area contributed by atoms with E-state index in [1.165, 1.54) is 0 Å². The van der Waals surface area contributed by atoms with Gasteiger partial charge in [-0.2, -0.15) is 0 Å². The van der Waals surface area contributed by atoms with Crippen molar-refractivity contribution in [3.8, 4) is 0 Å². The summed E-state index contributed by atoms with van der Waals surface area (Å²) in [5, 5.41) is 8.06. The molecule has 0 aliphatic carbocycles. The standard InChI is InChI=1S/C4H6BrNO3.K.H/c5-6-3(7)1-2-4(8)9;;/h1-2H2,(H,6,7)(H,8,9);;/q;+1;-1. The molecule has 0 unspecified atom stereocenters. The molecule has 0 rings (SSSR count). The van der Waals surface area contributed by atoms with E-state index in [-0.39, 0.29) is 71.6 Å². The molecule has 0 aromatic carbocycles. The average Bonchev–Trinajstić information content (AvgIpc) is 1.83. The summed E-state index contributed by atoms with van der Waals surface area (Å²) in [5.41, 5.74) is 0. The van der Waals surface area contributed by atoms with Gasteiger partial charge in [0.2, 0.25) is 5.91 Å². The van der Waals surface area contributed by atoms with Crippen LogP contribution in [0.1, 0.15) is 14.3 Å². The molecule has 0 aliphatic rings. The van der Waals surface area contributed by atoms with Gasteiger partial charge in [0, 0.05) is 22.6 Å². The second-order valence-electron chi connectivity index (χ2n) is 1.41. The molecule has 1 amide bonds. The van der Waals surface area contributed by atoms with Gasteiger partial charge >= 0.3 is 57.4 Å². The summed E-state index contributed by atoms with van der Waals surface area (Å²) in [6.07, 6.45) is -0.113. The van der Waals surface area contributed by atoms with Crippen LogP contribution in [0.5, 0.6) is 0 Å². The monoisotopic (exact) mass is 235 g/mol. The third-order valence-corrected chi connectivity index (χ3v) is 1.11. The summed E-state index contributed by atoms with van der Waals surface area (Å²) < 4.78 is 2.13. The van der Waals surface area contributed by atoms with Gasteiger partial charge in [0.1, 0.15) is 0 Å². The average molecular weight is 236 g/mol. The molecule has 10 heavy (non-hydrogen) atoms. The number of halogens is 1. The molecule has 0 heterocycles. The summed E-state index contributed by atoms with van der Waals surface area (Å²) in [5.74, 6) is -1.29. The molecule has 0 bridgehead atoms. The van der Waals surface area contributed by atoms with E-state index in [2.05, 4.69) is 20.5 Å². The van der Waals surface area contributed by atoms with Crippen LogP contribution in [0.3, 0.4) is 0 Å². The summed E-state index contributed by atoms with van der Waals surface area (Å²) in [4.78, 5) is 20.1. The van der Waals surface area contributed by atoms with Crippen molar-refractivity contribution in [3.63, 3.8) is 0 Å². The molecular formula is C4H7BrKNO3. The summed E-state index contributed by atoms with van der Waals surface area (Å²) in [6.45, 7) is 0. The fourth-order valence-electron chi connectivity index (χ4n) is 0.268. The largest absolute Gasteiger partial charge is 1.00 e. The topological polar surface area (TPSA) is 66.4 Å². The zero-order valence-corrected chi connectivity index (χ0v) is 10.3. The van der Waals surface area contributed by atoms with Gasteiger partial charge in [-0.1, -0.05) is 0 Å². The van der Waals surface area contributed by atoms with E-state index in [1.807, 2.05) is 0 Å². The predicted octanol–water partition coefficient (Wildman–Crippen LogP) is -2.61. The third-order valence-electron chi connectivity index (χ3n) is 0.671. The number of rotatable bonds is 3. The van der Waals surface area contributed by atoms with Crippen LogP contribution < -0.4 is 55.7 Å². The molecule has 0 spiro atoms. The van der Waals surface area contributed by atoms with Crippen LogP contribution in [-0.4, -0.2) is 17.0 Å². The first-order chi connectivity index (χ1) is 4.16. The molecule has 0 saturated heterocycles. The molecule has 0 fully saturated rings. The van der Waals surface area contributed by atoms with E-state index >= 15 is 0 Å². The van der Waals surface area contributed by atoms with Crippen LogP contribution in [0, 0.1) is 0 Å². The van der Waals surface area contributed by atoms with Crippen molar-refractivity contribution in [2.75, 3.05) is 0 Å². The van der Waals surface area contributed by atoms with Crippen LogP contribution in [0.4, 0.5) is 0 Å². The van der Waals surface area contributed by atoms with Crippen molar-refractivity contribution < 1.29 is 67.5 Å². The number of carboxylic acid groups (broad SMARTS) is 1. The Hall–Kier alpha value is 1.06. The van der Waals surface area contributed by atoms with E-state index < -0.39 is 5.97 Å². The molecule has 6 heteroatoms. The van der Waals surface area contributed by atoms with Gasteiger partial charge in [0.15, 0.2) is 0 Å². The van der Waals surface area contributed by atoms with Crippen molar-refractivity contribution in [2.24, 2.45) is 0 Å². The minimum atomic E-state index is -0.967. The molecule has 0 saturated carbocycles. The summed E-state index contributed by atoms with van der Waals surface area (Å²) >= 11 is 2.67. The summed E-state index contributed by atoms with van der Waals surface area (Å²) in [6, 6.07) is 0. The fraction of sp³-hybridized carbons (Fsp3) is 0.500. The van der Waals surface area contributed by atoms with Crippen molar-refractivity contribution in [1.29, 1.82) is 0 Å². The predicted molar refractivity (Wildman–Crippen MR) is 35.1 cm³/mol. The molecule has 0 aromatic heterocycles. The Morgan fingerprint density at radius 1 is 1.50 bits per heavy atom. The molecular weight excluding hydrogens is 229 g/mol.